The molecule has 1 amide bonds. The summed E-state index contributed by atoms with van der Waals surface area (Å²) in [7, 11) is -2.00. The molecule has 1 fully saturated rings. The summed E-state index contributed by atoms with van der Waals surface area (Å²) < 4.78 is 37.3. The molecule has 2 heterocycles. The molecule has 1 aliphatic rings. The van der Waals surface area contributed by atoms with Crippen molar-refractivity contribution in [3.8, 4) is 17.0 Å². The molecule has 0 unspecified atom stereocenters. The predicted molar refractivity (Wildman–Crippen MR) is 132 cm³/mol. The van der Waals surface area contributed by atoms with Crippen molar-refractivity contribution in [3.63, 3.8) is 0 Å². The fraction of sp³-hybridized carbons (Fsp3) is 0.304. The fourth-order valence-electron chi connectivity index (χ4n) is 3.13. The van der Waals surface area contributed by atoms with Crippen LogP contribution in [0.15, 0.2) is 58.8 Å². The van der Waals surface area contributed by atoms with Crippen molar-refractivity contribution in [2.75, 3.05) is 38.7 Å². The quantitative estimate of drug-likeness (QED) is 0.550. The lowest BCUT2D eigenvalue weighted by Gasteiger charge is -2.26. The van der Waals surface area contributed by atoms with Gasteiger partial charge in [0.2, 0.25) is 10.0 Å². The van der Waals surface area contributed by atoms with Crippen molar-refractivity contribution in [1.82, 2.24) is 9.29 Å². The largest absolute Gasteiger partial charge is 0.497 e. The summed E-state index contributed by atoms with van der Waals surface area (Å²) in [5.74, 6) is 0.311. The second kappa shape index (κ2) is 11.4. The molecule has 3 aromatic rings. The Balaban J connectivity index is 0.00000133. The van der Waals surface area contributed by atoms with Crippen LogP contribution in [0.1, 0.15) is 25.6 Å². The van der Waals surface area contributed by atoms with Gasteiger partial charge in [0.05, 0.1) is 30.9 Å². The number of hydrogen-bond acceptors (Lipinski definition) is 7. The first-order valence-electron chi connectivity index (χ1n) is 10.6. The van der Waals surface area contributed by atoms with Crippen molar-refractivity contribution >= 4 is 32.4 Å². The lowest BCUT2D eigenvalue weighted by atomic mass is 10.2. The molecule has 1 saturated heterocycles. The number of benzene rings is 2. The second-order valence-electron chi connectivity index (χ2n) is 6.76. The van der Waals surface area contributed by atoms with E-state index in [1.165, 1.54) is 15.6 Å². The number of morpholine rings is 1. The van der Waals surface area contributed by atoms with E-state index in [0.717, 1.165) is 5.56 Å². The highest BCUT2D eigenvalue weighted by atomic mass is 32.2. The van der Waals surface area contributed by atoms with Crippen molar-refractivity contribution in [2.45, 2.75) is 18.7 Å². The van der Waals surface area contributed by atoms with Crippen LogP contribution >= 0.6 is 11.3 Å². The van der Waals surface area contributed by atoms with Crippen molar-refractivity contribution in [2.24, 2.45) is 0 Å². The molecule has 0 atom stereocenters. The van der Waals surface area contributed by atoms with Gasteiger partial charge in [0.25, 0.3) is 5.91 Å². The van der Waals surface area contributed by atoms with Gasteiger partial charge < -0.3 is 9.47 Å². The molecule has 1 aromatic heterocycles. The SMILES string of the molecule is CC.COc1cccc(C(=O)Nc2nc(-c3ccc(S(=O)(=O)N4CCOCC4)cc3)cs2)c1.[HH]. The van der Waals surface area contributed by atoms with Gasteiger partial charge in [-0.1, -0.05) is 32.0 Å². The Morgan fingerprint density at radius 3 is 2.52 bits per heavy atom. The summed E-state index contributed by atoms with van der Waals surface area (Å²) in [5, 5.41) is 5.04. The summed E-state index contributed by atoms with van der Waals surface area (Å²) in [6.45, 7) is 5.51. The Hall–Kier alpha value is -2.79. The lowest BCUT2D eigenvalue weighted by Crippen LogP contribution is -2.40. The molecule has 4 rings (SSSR count). The minimum absolute atomic E-state index is 0. The summed E-state index contributed by atoms with van der Waals surface area (Å²) in [6, 6.07) is 13.4. The van der Waals surface area contributed by atoms with Crippen LogP contribution in [0.2, 0.25) is 0 Å². The van der Waals surface area contributed by atoms with Crippen LogP contribution in [-0.4, -0.2) is 57.0 Å². The van der Waals surface area contributed by atoms with E-state index in [4.69, 9.17) is 9.47 Å². The van der Waals surface area contributed by atoms with Crippen LogP contribution in [0, 0.1) is 0 Å². The molecule has 0 saturated carbocycles. The molecule has 0 aliphatic carbocycles. The van der Waals surface area contributed by atoms with Crippen LogP contribution in [0.4, 0.5) is 5.13 Å². The van der Waals surface area contributed by atoms with Crippen LogP contribution in [0.5, 0.6) is 5.75 Å². The monoisotopic (exact) mass is 491 g/mol. The van der Waals surface area contributed by atoms with E-state index in [2.05, 4.69) is 10.3 Å². The number of sulfonamides is 1. The molecule has 0 radical (unpaired) electrons. The highest BCUT2D eigenvalue weighted by Crippen LogP contribution is 2.27. The van der Waals surface area contributed by atoms with E-state index in [9.17, 15) is 13.2 Å². The maximum absolute atomic E-state index is 12.7. The Kier molecular flexibility index (Phi) is 8.56. The van der Waals surface area contributed by atoms with Gasteiger partial charge >= 0.3 is 0 Å². The predicted octanol–water partition coefficient (Wildman–Crippen LogP) is 4.36. The molecule has 8 nitrogen and oxygen atoms in total. The maximum Gasteiger partial charge on any atom is 0.257 e. The van der Waals surface area contributed by atoms with Crippen LogP contribution in [0.25, 0.3) is 11.3 Å². The highest BCUT2D eigenvalue weighted by Gasteiger charge is 2.26. The average molecular weight is 492 g/mol. The molecule has 178 valence electrons. The number of rotatable bonds is 6. The number of amides is 1. The minimum atomic E-state index is -3.54. The van der Waals surface area contributed by atoms with E-state index < -0.39 is 10.0 Å². The van der Waals surface area contributed by atoms with Gasteiger partial charge in [-0.15, -0.1) is 11.3 Å². The number of methoxy groups -OCH3 is 1. The van der Waals surface area contributed by atoms with Gasteiger partial charge in [-0.2, -0.15) is 4.31 Å². The number of carbonyl (C=O) groups excluding carboxylic acids is 1. The number of ether oxygens (including phenoxy) is 2. The molecule has 10 heteroatoms. The standard InChI is InChI=1S/C21H21N3O5S2.C2H6.H2/c1-28-17-4-2-3-16(13-17)20(25)23-21-22-19(14-30-21)15-5-7-18(8-6-15)31(26,27)24-9-11-29-12-10-24;1-2;/h2-8,13-14H,9-12H2,1H3,(H,22,23,25);1-2H3;1H. The number of aromatic nitrogens is 1. The third-order valence-corrected chi connectivity index (χ3v) is 7.49. The topological polar surface area (TPSA) is 97.8 Å². The van der Waals surface area contributed by atoms with Crippen molar-refractivity contribution < 1.29 is 24.1 Å². The first-order chi connectivity index (χ1) is 16.0. The Labute approximate surface area is 199 Å². The van der Waals surface area contributed by atoms with Gasteiger partial charge in [-0.25, -0.2) is 13.4 Å². The van der Waals surface area contributed by atoms with Crippen LogP contribution < -0.4 is 10.1 Å². The first kappa shape index (κ1) is 24.8. The average Bonchev–Trinajstić information content (AvgIpc) is 3.34. The van der Waals surface area contributed by atoms with E-state index in [1.54, 1.807) is 55.6 Å². The van der Waals surface area contributed by atoms with E-state index in [-0.39, 0.29) is 12.2 Å². The molecular weight excluding hydrogens is 462 g/mol. The normalized spacial score (nSPS) is 14.2. The number of nitrogens with one attached hydrogen (secondary N) is 1. The molecule has 1 aliphatic heterocycles. The van der Waals surface area contributed by atoms with Crippen LogP contribution in [-0.2, 0) is 14.8 Å². The van der Waals surface area contributed by atoms with Gasteiger partial charge in [0, 0.05) is 31.0 Å². The summed E-state index contributed by atoms with van der Waals surface area (Å²) in [4.78, 5) is 17.1. The molecule has 33 heavy (non-hydrogen) atoms. The van der Waals surface area contributed by atoms with Crippen molar-refractivity contribution in [1.29, 1.82) is 0 Å². The summed E-state index contributed by atoms with van der Waals surface area (Å²) in [5.41, 5.74) is 1.88. The fourth-order valence-corrected chi connectivity index (χ4v) is 5.25. The zero-order valence-corrected chi connectivity index (χ0v) is 20.4. The molecular formula is C23H29N3O5S2. The number of anilines is 1. The lowest BCUT2D eigenvalue weighted by molar-refractivity contribution is 0.0730. The molecule has 0 spiro atoms. The van der Waals surface area contributed by atoms with Crippen LogP contribution in [0.3, 0.4) is 0 Å². The first-order valence-corrected chi connectivity index (χ1v) is 12.9. The molecule has 0 bridgehead atoms. The smallest absolute Gasteiger partial charge is 0.257 e. The number of thiazole rings is 1. The third-order valence-electron chi connectivity index (χ3n) is 4.81. The third kappa shape index (κ3) is 5.97. The van der Waals surface area contributed by atoms with E-state index >= 15 is 0 Å². The second-order valence-corrected chi connectivity index (χ2v) is 9.56. The van der Waals surface area contributed by atoms with E-state index in [1.807, 2.05) is 19.2 Å². The molecule has 2 aromatic carbocycles. The number of nitrogens with zero attached hydrogens (tertiary/aromatic N) is 2. The summed E-state index contributed by atoms with van der Waals surface area (Å²) in [6.07, 6.45) is 0. The Morgan fingerprint density at radius 1 is 1.15 bits per heavy atom. The van der Waals surface area contributed by atoms with Gasteiger partial charge in [0.1, 0.15) is 5.75 Å². The minimum Gasteiger partial charge on any atom is -0.497 e. The molecule has 1 N–H and O–H groups in total. The highest BCUT2D eigenvalue weighted by molar-refractivity contribution is 7.89. The number of carbonyl (C=O) groups is 1. The summed E-state index contributed by atoms with van der Waals surface area (Å²) >= 11 is 1.30. The van der Waals surface area contributed by atoms with Crippen molar-refractivity contribution in [3.05, 3.63) is 59.5 Å². The zero-order valence-electron chi connectivity index (χ0n) is 18.8. The van der Waals surface area contributed by atoms with Gasteiger partial charge in [-0.3, -0.25) is 10.1 Å². The van der Waals surface area contributed by atoms with E-state index in [0.29, 0.717) is 48.4 Å². The zero-order chi connectivity index (χ0) is 23.8. The van der Waals surface area contributed by atoms with Gasteiger partial charge in [-0.05, 0) is 30.3 Å². The Morgan fingerprint density at radius 2 is 1.85 bits per heavy atom. The number of hydrogen-bond donors (Lipinski definition) is 1. The van der Waals surface area contributed by atoms with Gasteiger partial charge in [0.15, 0.2) is 5.13 Å². The Bertz CT molecular complexity index is 1180. The maximum atomic E-state index is 12.7.